The lowest BCUT2D eigenvalue weighted by atomic mass is 10.1. The van der Waals surface area contributed by atoms with Crippen LogP contribution in [0.1, 0.15) is 78.9 Å². The van der Waals surface area contributed by atoms with Gasteiger partial charge in [-0.25, -0.2) is 28.7 Å². The number of alkyl halides is 1. The molecule has 0 spiro atoms. The Hall–Kier alpha value is -5.69. The zero-order chi connectivity index (χ0) is 34.2. The van der Waals surface area contributed by atoms with Crippen molar-refractivity contribution < 1.29 is 47.3 Å². The van der Waals surface area contributed by atoms with Crippen LogP contribution in [0.5, 0.6) is 0 Å². The monoisotopic (exact) mass is 655 g/mol. The lowest BCUT2D eigenvalue weighted by Crippen LogP contribution is -2.37. The Morgan fingerprint density at radius 2 is 1.35 bits per heavy atom. The summed E-state index contributed by atoms with van der Waals surface area (Å²) in [6.45, 7) is 4.32. The van der Waals surface area contributed by atoms with E-state index in [9.17, 15) is 24.0 Å². The lowest BCUT2D eigenvalue weighted by Gasteiger charge is -2.24. The van der Waals surface area contributed by atoms with Crippen molar-refractivity contribution in [3.8, 4) is 0 Å². The average Bonchev–Trinajstić information content (AvgIpc) is 3.71. The van der Waals surface area contributed by atoms with Crippen molar-refractivity contribution in [1.29, 1.82) is 0 Å². The first-order valence-electron chi connectivity index (χ1n) is 15.0. The number of benzene rings is 3. The van der Waals surface area contributed by atoms with Gasteiger partial charge < -0.3 is 18.9 Å². The van der Waals surface area contributed by atoms with E-state index < -0.39 is 78.0 Å². The van der Waals surface area contributed by atoms with E-state index in [1.165, 1.54) is 36.4 Å². The standard InChI is InChI=1S/C35H30FN3O9/c1-35(2,3)48-34(44)26-28(39-29(40)22-16-10-11-17-23(22)30(39)41)38(19-37-26)31-25(36)27(47-33(43)21-14-8-5-9-15-21)24(46-31)18-45-32(42)20-12-6-4-7-13-20/h4-17,19,24-25,27,31H,18H2,1-3H3/t24-,25+,27-,31-/m1/s1. The van der Waals surface area contributed by atoms with Gasteiger partial charge in [-0.1, -0.05) is 48.5 Å². The van der Waals surface area contributed by atoms with Crippen LogP contribution in [0.2, 0.25) is 0 Å². The Kier molecular flexibility index (Phi) is 8.63. The predicted octanol–water partition coefficient (Wildman–Crippen LogP) is 4.96. The molecule has 0 aliphatic carbocycles. The molecule has 1 aromatic heterocycles. The largest absolute Gasteiger partial charge is 0.459 e. The Morgan fingerprint density at radius 3 is 1.92 bits per heavy atom. The second-order valence-corrected chi connectivity index (χ2v) is 12.0. The number of rotatable bonds is 8. The summed E-state index contributed by atoms with van der Waals surface area (Å²) in [5.74, 6) is -4.55. The number of fused-ring (bicyclic) bond motifs is 1. The minimum Gasteiger partial charge on any atom is -0.459 e. The number of esters is 3. The summed E-state index contributed by atoms with van der Waals surface area (Å²) >= 11 is 0. The number of nitrogens with zero attached hydrogens (tertiary/aromatic N) is 3. The fraction of sp³-hybridized carbons (Fsp3) is 0.257. The topological polar surface area (TPSA) is 143 Å². The first kappa shape index (κ1) is 32.3. The summed E-state index contributed by atoms with van der Waals surface area (Å²) < 4.78 is 40.2. The van der Waals surface area contributed by atoms with Gasteiger partial charge in [0.25, 0.3) is 11.8 Å². The van der Waals surface area contributed by atoms with Gasteiger partial charge in [0.2, 0.25) is 0 Å². The highest BCUT2D eigenvalue weighted by Crippen LogP contribution is 2.40. The third kappa shape index (κ3) is 6.19. The van der Waals surface area contributed by atoms with E-state index in [2.05, 4.69) is 4.98 Å². The summed E-state index contributed by atoms with van der Waals surface area (Å²) in [5, 5.41) is 0. The molecule has 0 N–H and O–H groups in total. The van der Waals surface area contributed by atoms with Crippen LogP contribution in [0, 0.1) is 0 Å². The normalized spacial score (nSPS) is 20.4. The van der Waals surface area contributed by atoms with Crippen molar-refractivity contribution in [2.75, 3.05) is 11.5 Å². The van der Waals surface area contributed by atoms with Gasteiger partial charge >= 0.3 is 17.9 Å². The van der Waals surface area contributed by atoms with Gasteiger partial charge in [-0.15, -0.1) is 0 Å². The molecule has 3 heterocycles. The number of hydrogen-bond donors (Lipinski definition) is 0. The van der Waals surface area contributed by atoms with E-state index in [1.807, 2.05) is 0 Å². The van der Waals surface area contributed by atoms with Crippen LogP contribution in [-0.4, -0.2) is 69.9 Å². The number of anilines is 1. The molecular formula is C35H30FN3O9. The molecule has 13 heteroatoms. The maximum absolute atomic E-state index is 16.6. The van der Waals surface area contributed by atoms with Crippen molar-refractivity contribution in [3.63, 3.8) is 0 Å². The molecule has 6 rings (SSSR count). The highest BCUT2D eigenvalue weighted by Gasteiger charge is 2.52. The Morgan fingerprint density at radius 1 is 0.812 bits per heavy atom. The van der Waals surface area contributed by atoms with Crippen molar-refractivity contribution in [2.45, 2.75) is 51.0 Å². The molecule has 1 fully saturated rings. The SMILES string of the molecule is CC(C)(C)OC(=O)c1ncn([C@@H]2O[C@H](COC(=O)c3ccccc3)[C@@H](OC(=O)c3ccccc3)[C@@H]2F)c1N1C(=O)c2ccccc2C1=O. The molecular weight excluding hydrogens is 625 g/mol. The number of aromatic nitrogens is 2. The van der Waals surface area contributed by atoms with E-state index in [0.717, 1.165) is 10.9 Å². The number of carbonyl (C=O) groups excluding carboxylic acids is 5. The second kappa shape index (κ2) is 12.8. The van der Waals surface area contributed by atoms with Crippen LogP contribution in [0.25, 0.3) is 0 Å². The third-order valence-electron chi connectivity index (χ3n) is 7.55. The van der Waals surface area contributed by atoms with E-state index in [1.54, 1.807) is 69.3 Å². The Bertz CT molecular complexity index is 1850. The van der Waals surface area contributed by atoms with Crippen LogP contribution in [0.15, 0.2) is 91.3 Å². The zero-order valence-electron chi connectivity index (χ0n) is 26.1. The highest BCUT2D eigenvalue weighted by molar-refractivity contribution is 6.35. The Labute approximate surface area is 274 Å². The molecule has 2 aliphatic heterocycles. The maximum atomic E-state index is 16.6. The predicted molar refractivity (Wildman–Crippen MR) is 166 cm³/mol. The fourth-order valence-corrected chi connectivity index (χ4v) is 5.39. The quantitative estimate of drug-likeness (QED) is 0.145. The molecule has 3 aromatic carbocycles. The number of ether oxygens (including phenoxy) is 4. The summed E-state index contributed by atoms with van der Waals surface area (Å²) in [5.41, 5.74) is -0.949. The second-order valence-electron chi connectivity index (χ2n) is 12.0. The molecule has 1 saturated heterocycles. The number of hydrogen-bond acceptors (Lipinski definition) is 10. The van der Waals surface area contributed by atoms with E-state index in [-0.39, 0.29) is 22.3 Å². The maximum Gasteiger partial charge on any atom is 0.361 e. The summed E-state index contributed by atoms with van der Waals surface area (Å²) in [6, 6.07) is 22.0. The van der Waals surface area contributed by atoms with Crippen LogP contribution >= 0.6 is 0 Å². The van der Waals surface area contributed by atoms with Gasteiger partial charge in [-0.05, 0) is 57.2 Å². The molecule has 2 amide bonds. The molecule has 2 aliphatic rings. The van der Waals surface area contributed by atoms with Crippen LogP contribution in [0.3, 0.4) is 0 Å². The highest BCUT2D eigenvalue weighted by atomic mass is 19.1. The summed E-state index contributed by atoms with van der Waals surface area (Å²) in [4.78, 5) is 71.3. The van der Waals surface area contributed by atoms with Gasteiger partial charge in [0.05, 0.1) is 28.6 Å². The first-order valence-corrected chi connectivity index (χ1v) is 15.0. The molecule has 48 heavy (non-hydrogen) atoms. The zero-order valence-corrected chi connectivity index (χ0v) is 26.1. The van der Waals surface area contributed by atoms with Gasteiger partial charge in [-0.2, -0.15) is 0 Å². The van der Waals surface area contributed by atoms with Crippen molar-refractivity contribution >= 4 is 35.5 Å². The Balaban J connectivity index is 1.38. The minimum absolute atomic E-state index is 0.0647. The summed E-state index contributed by atoms with van der Waals surface area (Å²) in [6.07, 6.45) is -5.82. The smallest absolute Gasteiger partial charge is 0.361 e. The summed E-state index contributed by atoms with van der Waals surface area (Å²) in [7, 11) is 0. The molecule has 246 valence electrons. The molecule has 4 atom stereocenters. The number of halogens is 1. The molecule has 0 bridgehead atoms. The third-order valence-corrected chi connectivity index (χ3v) is 7.55. The van der Waals surface area contributed by atoms with Crippen molar-refractivity contribution in [2.24, 2.45) is 0 Å². The number of imidazole rings is 1. The number of amides is 2. The molecule has 0 unspecified atom stereocenters. The number of carbonyl (C=O) groups is 5. The fourth-order valence-electron chi connectivity index (χ4n) is 5.39. The van der Waals surface area contributed by atoms with Gasteiger partial charge in [-0.3, -0.25) is 14.2 Å². The molecule has 4 aromatic rings. The van der Waals surface area contributed by atoms with Crippen LogP contribution < -0.4 is 4.90 Å². The van der Waals surface area contributed by atoms with Crippen LogP contribution in [0.4, 0.5) is 10.2 Å². The van der Waals surface area contributed by atoms with E-state index in [4.69, 9.17) is 18.9 Å². The average molecular weight is 656 g/mol. The molecule has 0 saturated carbocycles. The molecule has 0 radical (unpaired) electrons. The van der Waals surface area contributed by atoms with Gasteiger partial charge in [0.15, 0.2) is 30.0 Å². The van der Waals surface area contributed by atoms with E-state index in [0.29, 0.717) is 4.90 Å². The first-order chi connectivity index (χ1) is 22.9. The van der Waals surface area contributed by atoms with Crippen molar-refractivity contribution in [3.05, 3.63) is 119 Å². The lowest BCUT2D eigenvalue weighted by molar-refractivity contribution is -0.0575. The van der Waals surface area contributed by atoms with Crippen molar-refractivity contribution in [1.82, 2.24) is 9.55 Å². The van der Waals surface area contributed by atoms with Gasteiger partial charge in [0.1, 0.15) is 18.3 Å². The minimum atomic E-state index is -2.16. The van der Waals surface area contributed by atoms with Crippen LogP contribution in [-0.2, 0) is 18.9 Å². The molecule has 12 nitrogen and oxygen atoms in total. The van der Waals surface area contributed by atoms with E-state index >= 15 is 4.39 Å². The van der Waals surface area contributed by atoms with Gasteiger partial charge in [0, 0.05) is 0 Å². The number of imide groups is 1.